The van der Waals surface area contributed by atoms with Crippen LogP contribution in [0.5, 0.6) is 0 Å². The molecular formula is C9H10Br2N2O. The number of hydrogen-bond donors (Lipinski definition) is 0. The summed E-state index contributed by atoms with van der Waals surface area (Å²) < 4.78 is 2.79. The van der Waals surface area contributed by atoms with Gasteiger partial charge in [0.2, 0.25) is 0 Å². The predicted molar refractivity (Wildman–Crippen MR) is 61.2 cm³/mol. The van der Waals surface area contributed by atoms with Gasteiger partial charge >= 0.3 is 0 Å². The Hall–Kier alpha value is -0.160. The van der Waals surface area contributed by atoms with Gasteiger partial charge in [-0.05, 0) is 44.2 Å². The first-order valence-corrected chi connectivity index (χ1v) is 6.18. The molecule has 1 aliphatic carbocycles. The van der Waals surface area contributed by atoms with Gasteiger partial charge in [-0.25, -0.2) is 4.68 Å². The molecule has 1 aliphatic rings. The highest BCUT2D eigenvalue weighted by molar-refractivity contribution is 9.13. The van der Waals surface area contributed by atoms with Gasteiger partial charge in [-0.2, -0.15) is 5.10 Å². The molecule has 1 aromatic rings. The fraction of sp³-hybridized carbons (Fsp3) is 0.556. The van der Waals surface area contributed by atoms with Gasteiger partial charge in [0.1, 0.15) is 4.47 Å². The number of hydrogen-bond acceptors (Lipinski definition) is 2. The Morgan fingerprint density at radius 1 is 1.50 bits per heavy atom. The van der Waals surface area contributed by atoms with Gasteiger partial charge in [0.25, 0.3) is 5.56 Å². The minimum atomic E-state index is -0.0555. The van der Waals surface area contributed by atoms with Crippen molar-refractivity contribution >= 4 is 31.9 Å². The Morgan fingerprint density at radius 2 is 2.21 bits per heavy atom. The van der Waals surface area contributed by atoms with Crippen LogP contribution in [0.4, 0.5) is 0 Å². The second kappa shape index (κ2) is 4.14. The van der Waals surface area contributed by atoms with Crippen molar-refractivity contribution in [3.05, 3.63) is 25.5 Å². The lowest BCUT2D eigenvalue weighted by atomic mass is 10.3. The largest absolute Gasteiger partial charge is 0.282 e. The third-order valence-corrected chi connectivity index (χ3v) is 4.29. The van der Waals surface area contributed by atoms with E-state index < -0.39 is 0 Å². The molecule has 1 heterocycles. The maximum Gasteiger partial charge on any atom is 0.282 e. The van der Waals surface area contributed by atoms with E-state index in [2.05, 4.69) is 37.0 Å². The van der Waals surface area contributed by atoms with Crippen LogP contribution in [0, 0.1) is 5.92 Å². The summed E-state index contributed by atoms with van der Waals surface area (Å²) in [6.07, 6.45) is 5.35. The summed E-state index contributed by atoms with van der Waals surface area (Å²) in [6.45, 7) is 0.732. The van der Waals surface area contributed by atoms with Crippen LogP contribution in [0.25, 0.3) is 0 Å². The zero-order chi connectivity index (χ0) is 10.1. The third-order valence-electron chi connectivity index (χ3n) is 2.39. The molecule has 0 amide bonds. The monoisotopic (exact) mass is 320 g/mol. The van der Waals surface area contributed by atoms with E-state index in [1.807, 2.05) is 0 Å². The van der Waals surface area contributed by atoms with Crippen molar-refractivity contribution in [2.45, 2.75) is 25.8 Å². The molecule has 5 heteroatoms. The molecule has 76 valence electrons. The first kappa shape index (κ1) is 10.4. The molecule has 1 aromatic heterocycles. The Labute approximate surface area is 98.8 Å². The Bertz CT molecular complexity index is 398. The molecule has 0 N–H and O–H groups in total. The zero-order valence-electron chi connectivity index (χ0n) is 7.54. The summed E-state index contributed by atoms with van der Waals surface area (Å²) in [5.41, 5.74) is -0.0555. The van der Waals surface area contributed by atoms with E-state index in [1.54, 1.807) is 6.20 Å². The van der Waals surface area contributed by atoms with Crippen molar-refractivity contribution in [2.75, 3.05) is 0 Å². The van der Waals surface area contributed by atoms with Crippen LogP contribution >= 0.6 is 31.9 Å². The number of nitrogens with zero attached hydrogens (tertiary/aromatic N) is 2. The maximum absolute atomic E-state index is 11.6. The topological polar surface area (TPSA) is 34.9 Å². The van der Waals surface area contributed by atoms with Gasteiger partial charge in [0.05, 0.1) is 10.7 Å². The lowest BCUT2D eigenvalue weighted by Gasteiger charge is -2.04. The van der Waals surface area contributed by atoms with Crippen LogP contribution in [-0.2, 0) is 6.54 Å². The molecular weight excluding hydrogens is 312 g/mol. The molecule has 0 spiro atoms. The van der Waals surface area contributed by atoms with E-state index in [-0.39, 0.29) is 5.56 Å². The summed E-state index contributed by atoms with van der Waals surface area (Å²) in [5, 5.41) is 4.07. The summed E-state index contributed by atoms with van der Waals surface area (Å²) in [5.74, 6) is 0.825. The molecule has 1 saturated carbocycles. The van der Waals surface area contributed by atoms with Crippen LogP contribution in [0.3, 0.4) is 0 Å². The number of aromatic nitrogens is 2. The van der Waals surface area contributed by atoms with E-state index in [9.17, 15) is 4.79 Å². The molecule has 0 aromatic carbocycles. The standard InChI is InChI=1S/C9H10Br2N2O/c10-7-5-12-13(9(14)8(7)11)4-3-6-1-2-6/h5-6H,1-4H2. The van der Waals surface area contributed by atoms with Gasteiger partial charge in [0.15, 0.2) is 0 Å². The molecule has 0 saturated heterocycles. The van der Waals surface area contributed by atoms with Crippen molar-refractivity contribution in [1.82, 2.24) is 9.78 Å². The molecule has 14 heavy (non-hydrogen) atoms. The van der Waals surface area contributed by atoms with E-state index >= 15 is 0 Å². The molecule has 0 bridgehead atoms. The van der Waals surface area contributed by atoms with Crippen molar-refractivity contribution in [3.8, 4) is 0 Å². The quantitative estimate of drug-likeness (QED) is 0.857. The van der Waals surface area contributed by atoms with Crippen molar-refractivity contribution in [3.63, 3.8) is 0 Å². The number of aryl methyl sites for hydroxylation is 1. The fourth-order valence-corrected chi connectivity index (χ4v) is 1.88. The second-order valence-electron chi connectivity index (χ2n) is 3.57. The summed E-state index contributed by atoms with van der Waals surface area (Å²) in [6, 6.07) is 0. The lowest BCUT2D eigenvalue weighted by Crippen LogP contribution is -2.23. The SMILES string of the molecule is O=c1c(Br)c(Br)cnn1CCC1CC1. The summed E-state index contributed by atoms with van der Waals surface area (Å²) >= 11 is 6.48. The van der Waals surface area contributed by atoms with Crippen LogP contribution in [0.1, 0.15) is 19.3 Å². The van der Waals surface area contributed by atoms with Crippen LogP contribution < -0.4 is 5.56 Å². The van der Waals surface area contributed by atoms with Crippen molar-refractivity contribution in [1.29, 1.82) is 0 Å². The van der Waals surface area contributed by atoms with Crippen molar-refractivity contribution in [2.24, 2.45) is 5.92 Å². The molecule has 0 aliphatic heterocycles. The van der Waals surface area contributed by atoms with E-state index in [1.165, 1.54) is 17.5 Å². The first-order chi connectivity index (χ1) is 6.68. The van der Waals surface area contributed by atoms with E-state index in [0.717, 1.165) is 18.9 Å². The summed E-state index contributed by atoms with van der Waals surface area (Å²) in [4.78, 5) is 11.6. The minimum absolute atomic E-state index is 0.0555. The highest BCUT2D eigenvalue weighted by Crippen LogP contribution is 2.32. The van der Waals surface area contributed by atoms with Gasteiger partial charge in [0, 0.05) is 6.54 Å². The minimum Gasteiger partial charge on any atom is -0.266 e. The van der Waals surface area contributed by atoms with Gasteiger partial charge in [-0.3, -0.25) is 4.79 Å². The number of rotatable bonds is 3. The third kappa shape index (κ3) is 2.25. The Kier molecular flexibility index (Phi) is 3.07. The fourth-order valence-electron chi connectivity index (χ4n) is 1.32. The van der Waals surface area contributed by atoms with Gasteiger partial charge in [-0.15, -0.1) is 0 Å². The van der Waals surface area contributed by atoms with Crippen LogP contribution in [0.15, 0.2) is 19.9 Å². The molecule has 0 unspecified atom stereocenters. The smallest absolute Gasteiger partial charge is 0.266 e. The second-order valence-corrected chi connectivity index (χ2v) is 5.21. The van der Waals surface area contributed by atoms with E-state index in [4.69, 9.17) is 0 Å². The molecule has 0 atom stereocenters. The molecule has 3 nitrogen and oxygen atoms in total. The average molecular weight is 322 g/mol. The Balaban J connectivity index is 2.16. The lowest BCUT2D eigenvalue weighted by molar-refractivity contribution is 0.519. The zero-order valence-corrected chi connectivity index (χ0v) is 10.7. The Morgan fingerprint density at radius 3 is 2.86 bits per heavy atom. The number of halogens is 2. The molecule has 0 radical (unpaired) electrons. The molecule has 2 rings (SSSR count). The summed E-state index contributed by atoms with van der Waals surface area (Å²) in [7, 11) is 0. The highest BCUT2D eigenvalue weighted by atomic mass is 79.9. The normalized spacial score (nSPS) is 15.9. The maximum atomic E-state index is 11.6. The first-order valence-electron chi connectivity index (χ1n) is 4.59. The van der Waals surface area contributed by atoms with Gasteiger partial charge in [-0.1, -0.05) is 12.8 Å². The van der Waals surface area contributed by atoms with E-state index in [0.29, 0.717) is 8.95 Å². The average Bonchev–Trinajstić information content (AvgIpc) is 2.97. The predicted octanol–water partition coefficient (Wildman–Crippen LogP) is 2.57. The van der Waals surface area contributed by atoms with Crippen LogP contribution in [-0.4, -0.2) is 9.78 Å². The highest BCUT2D eigenvalue weighted by Gasteiger charge is 2.21. The molecule has 1 fully saturated rings. The van der Waals surface area contributed by atoms with Crippen LogP contribution in [0.2, 0.25) is 0 Å². The van der Waals surface area contributed by atoms with Crippen molar-refractivity contribution < 1.29 is 0 Å². The van der Waals surface area contributed by atoms with Gasteiger partial charge < -0.3 is 0 Å².